The number of aliphatic hydroxyl groups excluding tert-OH is 1. The molecule has 0 spiro atoms. The van der Waals surface area contributed by atoms with Crippen molar-refractivity contribution in [3.05, 3.63) is 35.5 Å². The van der Waals surface area contributed by atoms with E-state index in [2.05, 4.69) is 12.2 Å². The van der Waals surface area contributed by atoms with E-state index in [1.165, 1.54) is 11.1 Å². The largest absolute Gasteiger partial charge is 0.393 e. The van der Waals surface area contributed by atoms with Crippen molar-refractivity contribution in [2.24, 2.45) is 0 Å². The summed E-state index contributed by atoms with van der Waals surface area (Å²) in [5, 5.41) is 19.1. The Labute approximate surface area is 90.6 Å². The minimum atomic E-state index is -0.682. The van der Waals surface area contributed by atoms with Gasteiger partial charge in [0.15, 0.2) is 0 Å². The summed E-state index contributed by atoms with van der Waals surface area (Å²) in [6.45, 7) is 1.82. The van der Waals surface area contributed by atoms with Crippen LogP contribution in [0.15, 0.2) is 35.5 Å². The van der Waals surface area contributed by atoms with Crippen molar-refractivity contribution in [1.29, 1.82) is 0 Å². The predicted octanol–water partition coefficient (Wildman–Crippen LogP) is 2.09. The Morgan fingerprint density at radius 3 is 2.73 bits per heavy atom. The maximum Gasteiger partial charge on any atom is 0.0837 e. The normalized spacial score (nSPS) is 36.1. The fourth-order valence-corrected chi connectivity index (χ4v) is 2.04. The summed E-state index contributed by atoms with van der Waals surface area (Å²) in [5.41, 5.74) is 1.85. The van der Waals surface area contributed by atoms with Crippen molar-refractivity contribution < 1.29 is 10.2 Å². The molecule has 0 saturated carbocycles. The topological polar surface area (TPSA) is 40.5 Å². The van der Waals surface area contributed by atoms with Crippen LogP contribution in [0.4, 0.5) is 0 Å². The van der Waals surface area contributed by atoms with E-state index in [-0.39, 0.29) is 6.10 Å². The van der Waals surface area contributed by atoms with Crippen LogP contribution in [0, 0.1) is 0 Å². The Morgan fingerprint density at radius 2 is 2.20 bits per heavy atom. The zero-order chi connectivity index (χ0) is 10.9. The summed E-state index contributed by atoms with van der Waals surface area (Å²) < 4.78 is 0. The van der Waals surface area contributed by atoms with E-state index >= 15 is 0 Å². The lowest BCUT2D eigenvalue weighted by Crippen LogP contribution is -2.22. The second kappa shape index (κ2) is 3.95. The maximum absolute atomic E-state index is 9.74. The molecule has 0 heterocycles. The zero-order valence-corrected chi connectivity index (χ0v) is 9.11. The van der Waals surface area contributed by atoms with Gasteiger partial charge in [-0.1, -0.05) is 24.3 Å². The van der Waals surface area contributed by atoms with Gasteiger partial charge in [-0.25, -0.2) is 0 Å². The number of hydrogen-bond acceptors (Lipinski definition) is 2. The number of aliphatic hydroxyl groups is 2. The molecule has 0 aromatic rings. The van der Waals surface area contributed by atoms with Gasteiger partial charge in [-0.3, -0.25) is 0 Å². The molecule has 0 bridgehead atoms. The molecule has 2 N–H and O–H groups in total. The SMILES string of the molecule is CC1(O)C=CC(C2=CCC(O)CC2)=CC1. The van der Waals surface area contributed by atoms with Crippen LogP contribution in [0.1, 0.15) is 32.6 Å². The highest BCUT2D eigenvalue weighted by molar-refractivity contribution is 5.43. The lowest BCUT2D eigenvalue weighted by molar-refractivity contribution is 0.113. The molecule has 15 heavy (non-hydrogen) atoms. The molecule has 0 aromatic heterocycles. The van der Waals surface area contributed by atoms with Crippen molar-refractivity contribution in [2.45, 2.75) is 44.3 Å². The molecule has 0 saturated heterocycles. The first-order valence-electron chi connectivity index (χ1n) is 5.56. The molecule has 2 rings (SSSR count). The molecule has 2 atom stereocenters. The van der Waals surface area contributed by atoms with Gasteiger partial charge in [0.2, 0.25) is 0 Å². The lowest BCUT2D eigenvalue weighted by Gasteiger charge is -2.24. The number of rotatable bonds is 1. The van der Waals surface area contributed by atoms with Gasteiger partial charge in [-0.05, 0) is 43.8 Å². The van der Waals surface area contributed by atoms with Gasteiger partial charge in [-0.2, -0.15) is 0 Å². The van der Waals surface area contributed by atoms with E-state index in [1.807, 2.05) is 19.1 Å². The van der Waals surface area contributed by atoms with Crippen LogP contribution in [0.2, 0.25) is 0 Å². The molecule has 2 heteroatoms. The van der Waals surface area contributed by atoms with Crippen molar-refractivity contribution in [3.63, 3.8) is 0 Å². The predicted molar refractivity (Wildman–Crippen MR) is 60.4 cm³/mol. The Balaban J connectivity index is 2.08. The minimum absolute atomic E-state index is 0.162. The van der Waals surface area contributed by atoms with E-state index < -0.39 is 5.60 Å². The summed E-state index contributed by atoms with van der Waals surface area (Å²) >= 11 is 0. The summed E-state index contributed by atoms with van der Waals surface area (Å²) in [6.07, 6.45) is 11.1. The first-order valence-corrected chi connectivity index (χ1v) is 5.56. The Morgan fingerprint density at radius 1 is 1.40 bits per heavy atom. The van der Waals surface area contributed by atoms with Crippen LogP contribution in [0.5, 0.6) is 0 Å². The van der Waals surface area contributed by atoms with Crippen LogP contribution in [-0.2, 0) is 0 Å². The van der Waals surface area contributed by atoms with Crippen LogP contribution in [-0.4, -0.2) is 21.9 Å². The Kier molecular flexibility index (Phi) is 2.81. The lowest BCUT2D eigenvalue weighted by atomic mass is 9.86. The Hall–Kier alpha value is -0.860. The highest BCUT2D eigenvalue weighted by Crippen LogP contribution is 2.29. The van der Waals surface area contributed by atoms with E-state index in [9.17, 15) is 10.2 Å². The average Bonchev–Trinajstić information content (AvgIpc) is 2.20. The average molecular weight is 206 g/mol. The molecule has 0 aliphatic heterocycles. The minimum Gasteiger partial charge on any atom is -0.393 e. The molecular weight excluding hydrogens is 188 g/mol. The van der Waals surface area contributed by atoms with E-state index in [4.69, 9.17) is 0 Å². The van der Waals surface area contributed by atoms with Gasteiger partial charge in [0.1, 0.15) is 0 Å². The number of allylic oxidation sites excluding steroid dienone is 3. The van der Waals surface area contributed by atoms with Gasteiger partial charge >= 0.3 is 0 Å². The summed E-state index contributed by atoms with van der Waals surface area (Å²) in [7, 11) is 0. The smallest absolute Gasteiger partial charge is 0.0837 e. The van der Waals surface area contributed by atoms with Crippen LogP contribution >= 0.6 is 0 Å². The van der Waals surface area contributed by atoms with Crippen LogP contribution in [0.25, 0.3) is 0 Å². The fraction of sp³-hybridized carbons (Fsp3) is 0.538. The molecule has 2 unspecified atom stereocenters. The van der Waals surface area contributed by atoms with Crippen molar-refractivity contribution in [2.75, 3.05) is 0 Å². The van der Waals surface area contributed by atoms with Crippen LogP contribution < -0.4 is 0 Å². The fourth-order valence-electron chi connectivity index (χ4n) is 2.04. The van der Waals surface area contributed by atoms with Gasteiger partial charge in [0, 0.05) is 0 Å². The summed E-state index contributed by atoms with van der Waals surface area (Å²) in [4.78, 5) is 0. The van der Waals surface area contributed by atoms with E-state index in [1.54, 1.807) is 0 Å². The molecule has 0 aromatic carbocycles. The molecule has 0 amide bonds. The van der Waals surface area contributed by atoms with Crippen LogP contribution in [0.3, 0.4) is 0 Å². The standard InChI is InChI=1S/C13H18O2/c1-13(15)8-6-11(7-9-13)10-2-4-12(14)5-3-10/h2,6-8,12,14-15H,3-5,9H2,1H3. The third-order valence-corrected chi connectivity index (χ3v) is 3.11. The molecule has 82 valence electrons. The van der Waals surface area contributed by atoms with Crippen molar-refractivity contribution in [3.8, 4) is 0 Å². The second-order valence-corrected chi connectivity index (χ2v) is 4.71. The highest BCUT2D eigenvalue weighted by atomic mass is 16.3. The molecule has 0 fully saturated rings. The monoisotopic (exact) mass is 206 g/mol. The maximum atomic E-state index is 9.74. The molecule has 2 aliphatic carbocycles. The number of hydrogen-bond donors (Lipinski definition) is 2. The molecule has 2 nitrogen and oxygen atoms in total. The second-order valence-electron chi connectivity index (χ2n) is 4.71. The van der Waals surface area contributed by atoms with Gasteiger partial charge < -0.3 is 10.2 Å². The molecular formula is C13H18O2. The summed E-state index contributed by atoms with van der Waals surface area (Å²) in [6, 6.07) is 0. The quantitative estimate of drug-likeness (QED) is 0.689. The van der Waals surface area contributed by atoms with Crippen molar-refractivity contribution in [1.82, 2.24) is 0 Å². The molecule has 2 aliphatic rings. The van der Waals surface area contributed by atoms with E-state index in [0.717, 1.165) is 19.3 Å². The highest BCUT2D eigenvalue weighted by Gasteiger charge is 2.20. The Bertz CT molecular complexity index is 334. The molecule has 0 radical (unpaired) electrons. The van der Waals surface area contributed by atoms with E-state index in [0.29, 0.717) is 6.42 Å². The van der Waals surface area contributed by atoms with Gasteiger partial charge in [0.25, 0.3) is 0 Å². The zero-order valence-electron chi connectivity index (χ0n) is 9.11. The summed E-state index contributed by atoms with van der Waals surface area (Å²) in [5.74, 6) is 0. The van der Waals surface area contributed by atoms with Gasteiger partial charge in [0.05, 0.1) is 11.7 Å². The third-order valence-electron chi connectivity index (χ3n) is 3.11. The first-order chi connectivity index (χ1) is 7.07. The van der Waals surface area contributed by atoms with Gasteiger partial charge in [-0.15, -0.1) is 0 Å². The first kappa shape index (κ1) is 10.7. The van der Waals surface area contributed by atoms with Crippen molar-refractivity contribution >= 4 is 0 Å². The third kappa shape index (κ3) is 2.58.